The third-order valence-corrected chi connectivity index (χ3v) is 1.93. The van der Waals surface area contributed by atoms with E-state index in [1.807, 2.05) is 0 Å². The standard InChI is InChI=1S/C9H12N4O3/c1-4(7(11)14)12-8-5(10)2-3-6(13-8)9(15)16/h2-4H,10H2,1H3,(H2,11,14)(H,12,13)(H,15,16). The zero-order valence-electron chi connectivity index (χ0n) is 8.60. The molecule has 0 bridgehead atoms. The van der Waals surface area contributed by atoms with E-state index in [0.717, 1.165) is 0 Å². The van der Waals surface area contributed by atoms with Crippen molar-refractivity contribution in [1.29, 1.82) is 0 Å². The van der Waals surface area contributed by atoms with E-state index >= 15 is 0 Å². The number of carbonyl (C=O) groups is 2. The summed E-state index contributed by atoms with van der Waals surface area (Å²) in [6, 6.07) is 1.99. The highest BCUT2D eigenvalue weighted by Gasteiger charge is 2.13. The van der Waals surface area contributed by atoms with Crippen LogP contribution in [0.15, 0.2) is 12.1 Å². The molecule has 1 atom stereocenters. The molecule has 0 radical (unpaired) electrons. The molecule has 7 heteroatoms. The van der Waals surface area contributed by atoms with Crippen LogP contribution in [-0.4, -0.2) is 28.0 Å². The van der Waals surface area contributed by atoms with Crippen LogP contribution in [0.4, 0.5) is 11.5 Å². The van der Waals surface area contributed by atoms with Gasteiger partial charge >= 0.3 is 5.97 Å². The number of rotatable bonds is 4. The smallest absolute Gasteiger partial charge is 0.354 e. The van der Waals surface area contributed by atoms with Gasteiger partial charge in [0.15, 0.2) is 11.5 Å². The molecule has 6 N–H and O–H groups in total. The number of hydrogen-bond acceptors (Lipinski definition) is 5. The summed E-state index contributed by atoms with van der Waals surface area (Å²) in [6.07, 6.45) is 0. The van der Waals surface area contributed by atoms with Crippen molar-refractivity contribution in [3.05, 3.63) is 17.8 Å². The highest BCUT2D eigenvalue weighted by atomic mass is 16.4. The first kappa shape index (κ1) is 11.8. The Bertz CT molecular complexity index is 433. The molecular formula is C9H12N4O3. The first-order chi connectivity index (χ1) is 7.41. The van der Waals surface area contributed by atoms with E-state index in [1.54, 1.807) is 0 Å². The van der Waals surface area contributed by atoms with Gasteiger partial charge in [-0.3, -0.25) is 4.79 Å². The highest BCUT2D eigenvalue weighted by molar-refractivity contribution is 5.88. The van der Waals surface area contributed by atoms with Crippen LogP contribution in [0.2, 0.25) is 0 Å². The average molecular weight is 224 g/mol. The lowest BCUT2D eigenvalue weighted by molar-refractivity contribution is -0.118. The molecule has 0 spiro atoms. The van der Waals surface area contributed by atoms with E-state index in [4.69, 9.17) is 16.6 Å². The van der Waals surface area contributed by atoms with E-state index in [1.165, 1.54) is 19.1 Å². The number of nitrogens with one attached hydrogen (secondary N) is 1. The van der Waals surface area contributed by atoms with Crippen molar-refractivity contribution in [2.75, 3.05) is 11.1 Å². The second-order valence-corrected chi connectivity index (χ2v) is 3.21. The molecule has 0 saturated carbocycles. The number of carboxylic acids is 1. The van der Waals surface area contributed by atoms with Gasteiger partial charge in [0.05, 0.1) is 5.69 Å². The molecular weight excluding hydrogens is 212 g/mol. The second-order valence-electron chi connectivity index (χ2n) is 3.21. The van der Waals surface area contributed by atoms with Crippen LogP contribution in [0.25, 0.3) is 0 Å². The minimum atomic E-state index is -1.17. The fraction of sp³-hybridized carbons (Fsp3) is 0.222. The number of aromatic nitrogens is 1. The first-order valence-corrected chi connectivity index (χ1v) is 4.47. The summed E-state index contributed by atoms with van der Waals surface area (Å²) in [5, 5.41) is 11.4. The van der Waals surface area contributed by atoms with Crippen LogP contribution in [0, 0.1) is 0 Å². The van der Waals surface area contributed by atoms with Gasteiger partial charge in [-0.25, -0.2) is 9.78 Å². The Kier molecular flexibility index (Phi) is 3.29. The van der Waals surface area contributed by atoms with Gasteiger partial charge in [0, 0.05) is 0 Å². The van der Waals surface area contributed by atoms with Gasteiger partial charge in [0.2, 0.25) is 5.91 Å². The van der Waals surface area contributed by atoms with Gasteiger partial charge in [-0.05, 0) is 19.1 Å². The van der Waals surface area contributed by atoms with Crippen LogP contribution in [0.1, 0.15) is 17.4 Å². The van der Waals surface area contributed by atoms with Crippen LogP contribution >= 0.6 is 0 Å². The number of anilines is 2. The Balaban J connectivity index is 2.98. The highest BCUT2D eigenvalue weighted by Crippen LogP contribution is 2.16. The molecule has 1 heterocycles. The maximum absolute atomic E-state index is 10.8. The number of amides is 1. The molecule has 1 aromatic rings. The lowest BCUT2D eigenvalue weighted by atomic mass is 10.3. The zero-order chi connectivity index (χ0) is 12.3. The summed E-state index contributed by atoms with van der Waals surface area (Å²) < 4.78 is 0. The molecule has 0 aliphatic rings. The Morgan fingerprint density at radius 3 is 2.62 bits per heavy atom. The minimum Gasteiger partial charge on any atom is -0.477 e. The van der Waals surface area contributed by atoms with E-state index in [0.29, 0.717) is 0 Å². The Morgan fingerprint density at radius 1 is 1.50 bits per heavy atom. The third kappa shape index (κ3) is 2.59. The summed E-state index contributed by atoms with van der Waals surface area (Å²) in [7, 11) is 0. The Morgan fingerprint density at radius 2 is 2.12 bits per heavy atom. The summed E-state index contributed by atoms with van der Waals surface area (Å²) in [6.45, 7) is 1.52. The number of nitrogens with two attached hydrogens (primary N) is 2. The molecule has 7 nitrogen and oxygen atoms in total. The van der Waals surface area contributed by atoms with Crippen molar-refractivity contribution in [3.8, 4) is 0 Å². The predicted octanol–water partition coefficient (Wildman–Crippen LogP) is -0.352. The molecule has 1 amide bonds. The van der Waals surface area contributed by atoms with Gasteiger partial charge in [0.25, 0.3) is 0 Å². The molecule has 1 unspecified atom stereocenters. The number of nitrogen functional groups attached to an aromatic ring is 1. The lowest BCUT2D eigenvalue weighted by Gasteiger charge is -2.12. The van der Waals surface area contributed by atoms with E-state index in [-0.39, 0.29) is 17.2 Å². The number of carbonyl (C=O) groups excluding carboxylic acids is 1. The second kappa shape index (κ2) is 4.47. The number of primary amides is 1. The van der Waals surface area contributed by atoms with Crippen LogP contribution < -0.4 is 16.8 Å². The van der Waals surface area contributed by atoms with E-state index in [2.05, 4.69) is 10.3 Å². The molecule has 0 saturated heterocycles. The van der Waals surface area contributed by atoms with Gasteiger partial charge in [-0.15, -0.1) is 0 Å². The maximum Gasteiger partial charge on any atom is 0.354 e. The molecule has 0 aliphatic carbocycles. The van der Waals surface area contributed by atoms with Crippen molar-refractivity contribution >= 4 is 23.4 Å². The molecule has 1 aromatic heterocycles. The third-order valence-electron chi connectivity index (χ3n) is 1.93. The normalized spacial score (nSPS) is 11.8. The molecule has 0 fully saturated rings. The van der Waals surface area contributed by atoms with Crippen molar-refractivity contribution in [2.24, 2.45) is 5.73 Å². The Hall–Kier alpha value is -2.31. The van der Waals surface area contributed by atoms with Crippen LogP contribution in [-0.2, 0) is 4.79 Å². The first-order valence-electron chi connectivity index (χ1n) is 4.47. The topological polar surface area (TPSA) is 131 Å². The number of aromatic carboxylic acids is 1. The van der Waals surface area contributed by atoms with E-state index in [9.17, 15) is 9.59 Å². The quantitative estimate of drug-likeness (QED) is 0.552. The van der Waals surface area contributed by atoms with Crippen LogP contribution in [0.5, 0.6) is 0 Å². The average Bonchev–Trinajstić information content (AvgIpc) is 2.20. The lowest BCUT2D eigenvalue weighted by Crippen LogP contribution is -2.33. The number of nitrogens with zero attached hydrogens (tertiary/aromatic N) is 1. The largest absolute Gasteiger partial charge is 0.477 e. The van der Waals surface area contributed by atoms with Gasteiger partial charge in [-0.2, -0.15) is 0 Å². The fourth-order valence-corrected chi connectivity index (χ4v) is 0.981. The van der Waals surface area contributed by atoms with Crippen molar-refractivity contribution in [1.82, 2.24) is 4.98 Å². The summed E-state index contributed by atoms with van der Waals surface area (Å²) >= 11 is 0. The van der Waals surface area contributed by atoms with Crippen molar-refractivity contribution < 1.29 is 14.7 Å². The van der Waals surface area contributed by atoms with Crippen molar-refractivity contribution in [3.63, 3.8) is 0 Å². The summed E-state index contributed by atoms with van der Waals surface area (Å²) in [5.41, 5.74) is 10.7. The fourth-order valence-electron chi connectivity index (χ4n) is 0.981. The summed E-state index contributed by atoms with van der Waals surface area (Å²) in [4.78, 5) is 25.2. The van der Waals surface area contributed by atoms with Crippen molar-refractivity contribution in [2.45, 2.75) is 13.0 Å². The van der Waals surface area contributed by atoms with Gasteiger partial charge in [0.1, 0.15) is 6.04 Å². The van der Waals surface area contributed by atoms with Gasteiger partial charge in [-0.1, -0.05) is 0 Å². The van der Waals surface area contributed by atoms with E-state index < -0.39 is 17.9 Å². The minimum absolute atomic E-state index is 0.131. The molecule has 16 heavy (non-hydrogen) atoms. The van der Waals surface area contributed by atoms with Gasteiger partial charge < -0.3 is 21.9 Å². The van der Waals surface area contributed by atoms with Crippen LogP contribution in [0.3, 0.4) is 0 Å². The molecule has 0 aromatic carbocycles. The predicted molar refractivity (Wildman–Crippen MR) is 57.9 cm³/mol. The number of hydrogen-bond donors (Lipinski definition) is 4. The Labute approximate surface area is 91.5 Å². The molecule has 0 aliphatic heterocycles. The SMILES string of the molecule is CC(Nc1nc(C(=O)O)ccc1N)C(N)=O. The monoisotopic (exact) mass is 224 g/mol. The number of carboxylic acid groups (broad SMARTS) is 1. The molecule has 86 valence electrons. The zero-order valence-corrected chi connectivity index (χ0v) is 8.60. The number of pyridine rings is 1. The summed E-state index contributed by atoms with van der Waals surface area (Å²) in [5.74, 6) is -1.62. The maximum atomic E-state index is 10.8. The molecule has 1 rings (SSSR count).